The molecule has 0 amide bonds. The van der Waals surface area contributed by atoms with Gasteiger partial charge < -0.3 is 20.4 Å². The molecule has 1 aromatic rings. The second kappa shape index (κ2) is 8.18. The number of ether oxygens (including phenoxy) is 1. The van der Waals surface area contributed by atoms with Crippen molar-refractivity contribution in [3.05, 3.63) is 39.9 Å². The zero-order chi connectivity index (χ0) is 15.8. The second-order valence-electron chi connectivity index (χ2n) is 4.49. The van der Waals surface area contributed by atoms with Gasteiger partial charge >= 0.3 is 5.97 Å². The SMILES string of the molecule is CC(O)C(N)C(=O)Oc1ccc(CCCO[N+](=O)[O-])cc1. The first kappa shape index (κ1) is 16.9. The lowest BCUT2D eigenvalue weighted by molar-refractivity contribution is -0.757. The Labute approximate surface area is 121 Å². The summed E-state index contributed by atoms with van der Waals surface area (Å²) in [4.78, 5) is 25.7. The monoisotopic (exact) mass is 298 g/mol. The molecular weight excluding hydrogens is 280 g/mol. The first-order valence-electron chi connectivity index (χ1n) is 6.41. The molecule has 0 spiro atoms. The molecule has 0 aliphatic carbocycles. The number of aliphatic hydroxyl groups excluding tert-OH is 1. The van der Waals surface area contributed by atoms with E-state index >= 15 is 0 Å². The van der Waals surface area contributed by atoms with E-state index in [0.717, 1.165) is 5.56 Å². The Morgan fingerprint density at radius 3 is 2.57 bits per heavy atom. The van der Waals surface area contributed by atoms with Crippen molar-refractivity contribution in [3.8, 4) is 5.75 Å². The van der Waals surface area contributed by atoms with E-state index in [1.807, 2.05) is 0 Å². The number of carbonyl (C=O) groups is 1. The van der Waals surface area contributed by atoms with Crippen LogP contribution < -0.4 is 10.5 Å². The van der Waals surface area contributed by atoms with Crippen LogP contribution in [0.4, 0.5) is 0 Å². The van der Waals surface area contributed by atoms with Crippen molar-refractivity contribution in [2.24, 2.45) is 5.73 Å². The Morgan fingerprint density at radius 2 is 2.05 bits per heavy atom. The van der Waals surface area contributed by atoms with Crippen molar-refractivity contribution in [1.29, 1.82) is 0 Å². The molecule has 21 heavy (non-hydrogen) atoms. The number of aliphatic hydroxyl groups is 1. The average Bonchev–Trinajstić information content (AvgIpc) is 2.44. The van der Waals surface area contributed by atoms with Crippen LogP contribution >= 0.6 is 0 Å². The maximum atomic E-state index is 11.5. The number of benzene rings is 1. The standard InChI is InChI=1S/C13H18N2O6/c1-9(16)12(14)13(17)21-11-6-4-10(5-7-11)3-2-8-20-15(18)19/h4-7,9,12,16H,2-3,8,14H2,1H3. The molecule has 0 aromatic heterocycles. The highest BCUT2D eigenvalue weighted by Crippen LogP contribution is 2.14. The Morgan fingerprint density at radius 1 is 1.43 bits per heavy atom. The second-order valence-corrected chi connectivity index (χ2v) is 4.49. The summed E-state index contributed by atoms with van der Waals surface area (Å²) in [5.41, 5.74) is 6.38. The summed E-state index contributed by atoms with van der Waals surface area (Å²) in [7, 11) is 0. The molecule has 0 bridgehead atoms. The van der Waals surface area contributed by atoms with Crippen molar-refractivity contribution < 1.29 is 24.6 Å². The zero-order valence-electron chi connectivity index (χ0n) is 11.6. The van der Waals surface area contributed by atoms with Crippen LogP contribution in [0.15, 0.2) is 24.3 Å². The minimum Gasteiger partial charge on any atom is -0.425 e. The van der Waals surface area contributed by atoms with Crippen molar-refractivity contribution >= 4 is 5.97 Å². The lowest BCUT2D eigenvalue weighted by Crippen LogP contribution is -2.42. The molecule has 8 heteroatoms. The van der Waals surface area contributed by atoms with Gasteiger partial charge in [-0.05, 0) is 37.5 Å². The van der Waals surface area contributed by atoms with Gasteiger partial charge in [0.15, 0.2) is 0 Å². The number of hydrogen-bond acceptors (Lipinski definition) is 7. The van der Waals surface area contributed by atoms with E-state index in [9.17, 15) is 20.0 Å². The molecule has 0 heterocycles. The van der Waals surface area contributed by atoms with E-state index in [0.29, 0.717) is 18.6 Å². The quantitative estimate of drug-likeness (QED) is 0.234. The van der Waals surface area contributed by atoms with Crippen LogP contribution in [-0.4, -0.2) is 34.9 Å². The summed E-state index contributed by atoms with van der Waals surface area (Å²) in [5, 5.41) is 18.3. The molecule has 2 atom stereocenters. The summed E-state index contributed by atoms with van der Waals surface area (Å²) in [5.74, 6) is -0.390. The minimum absolute atomic E-state index is 0.0347. The summed E-state index contributed by atoms with van der Waals surface area (Å²) < 4.78 is 5.01. The van der Waals surface area contributed by atoms with Crippen molar-refractivity contribution in [1.82, 2.24) is 0 Å². The largest absolute Gasteiger partial charge is 0.425 e. The van der Waals surface area contributed by atoms with E-state index in [1.165, 1.54) is 6.92 Å². The van der Waals surface area contributed by atoms with Crippen molar-refractivity contribution in [2.45, 2.75) is 31.9 Å². The summed E-state index contributed by atoms with van der Waals surface area (Å²) in [6.45, 7) is 1.44. The Bertz CT molecular complexity index is 474. The third-order valence-electron chi connectivity index (χ3n) is 2.74. The Balaban J connectivity index is 2.43. The van der Waals surface area contributed by atoms with E-state index < -0.39 is 23.2 Å². The molecule has 8 nitrogen and oxygen atoms in total. The maximum Gasteiger partial charge on any atom is 0.330 e. The number of carbonyl (C=O) groups excluding carboxylic acids is 1. The highest BCUT2D eigenvalue weighted by Gasteiger charge is 2.20. The van der Waals surface area contributed by atoms with Gasteiger partial charge in [-0.1, -0.05) is 12.1 Å². The van der Waals surface area contributed by atoms with Crippen LogP contribution in [-0.2, 0) is 16.1 Å². The first-order chi connectivity index (χ1) is 9.90. The fourth-order valence-electron chi connectivity index (χ4n) is 1.52. The molecule has 0 fully saturated rings. The van der Waals surface area contributed by atoms with Gasteiger partial charge in [0, 0.05) is 0 Å². The lowest BCUT2D eigenvalue weighted by atomic mass is 10.1. The molecule has 1 aromatic carbocycles. The van der Waals surface area contributed by atoms with Gasteiger partial charge in [-0.25, -0.2) is 4.79 Å². The third kappa shape index (κ3) is 6.19. The van der Waals surface area contributed by atoms with Crippen LogP contribution in [0.25, 0.3) is 0 Å². The lowest BCUT2D eigenvalue weighted by Gasteiger charge is -2.13. The number of hydrogen-bond donors (Lipinski definition) is 2. The molecule has 0 radical (unpaired) electrons. The minimum atomic E-state index is -1.09. The number of esters is 1. The van der Waals surface area contributed by atoms with Gasteiger partial charge in [0.05, 0.1) is 12.7 Å². The van der Waals surface area contributed by atoms with E-state index in [4.69, 9.17) is 10.5 Å². The molecule has 116 valence electrons. The van der Waals surface area contributed by atoms with Crippen molar-refractivity contribution in [3.63, 3.8) is 0 Å². The highest BCUT2D eigenvalue weighted by atomic mass is 16.9. The Kier molecular flexibility index (Phi) is 6.57. The Hall–Kier alpha value is -2.19. The first-order valence-corrected chi connectivity index (χ1v) is 6.41. The molecule has 0 saturated heterocycles. The molecule has 0 aliphatic rings. The fourth-order valence-corrected chi connectivity index (χ4v) is 1.52. The molecule has 0 aliphatic heterocycles. The van der Waals surface area contributed by atoms with Gasteiger partial charge in [0.1, 0.15) is 11.8 Å². The summed E-state index contributed by atoms with van der Waals surface area (Å²) in [6.07, 6.45) is 0.126. The third-order valence-corrected chi connectivity index (χ3v) is 2.74. The maximum absolute atomic E-state index is 11.5. The predicted octanol–water partition coefficient (Wildman–Crippen LogP) is 0.441. The van der Waals surface area contributed by atoms with Crippen LogP contribution in [0, 0.1) is 10.1 Å². The van der Waals surface area contributed by atoms with Gasteiger partial charge in [-0.2, -0.15) is 0 Å². The van der Waals surface area contributed by atoms with E-state index in [2.05, 4.69) is 4.84 Å². The topological polar surface area (TPSA) is 125 Å². The molecule has 0 saturated carbocycles. The van der Waals surface area contributed by atoms with Gasteiger partial charge in [-0.3, -0.25) is 0 Å². The van der Waals surface area contributed by atoms with E-state index in [1.54, 1.807) is 24.3 Å². The van der Waals surface area contributed by atoms with Gasteiger partial charge in [0.25, 0.3) is 5.09 Å². The molecular formula is C13H18N2O6. The fraction of sp³-hybridized carbons (Fsp3) is 0.462. The summed E-state index contributed by atoms with van der Waals surface area (Å²) in [6, 6.07) is 5.57. The average molecular weight is 298 g/mol. The van der Waals surface area contributed by atoms with E-state index in [-0.39, 0.29) is 6.61 Å². The molecule has 2 unspecified atom stereocenters. The highest BCUT2D eigenvalue weighted by molar-refractivity contribution is 5.78. The van der Waals surface area contributed by atoms with Gasteiger partial charge in [-0.15, -0.1) is 10.1 Å². The predicted molar refractivity (Wildman–Crippen MR) is 73.0 cm³/mol. The smallest absolute Gasteiger partial charge is 0.330 e. The van der Waals surface area contributed by atoms with Gasteiger partial charge in [0.2, 0.25) is 0 Å². The van der Waals surface area contributed by atoms with Crippen LogP contribution in [0.2, 0.25) is 0 Å². The van der Waals surface area contributed by atoms with Crippen LogP contribution in [0.1, 0.15) is 18.9 Å². The van der Waals surface area contributed by atoms with Crippen LogP contribution in [0.5, 0.6) is 5.75 Å². The van der Waals surface area contributed by atoms with Crippen molar-refractivity contribution in [2.75, 3.05) is 6.61 Å². The van der Waals surface area contributed by atoms with Crippen LogP contribution in [0.3, 0.4) is 0 Å². The summed E-state index contributed by atoms with van der Waals surface area (Å²) >= 11 is 0. The zero-order valence-corrected chi connectivity index (χ0v) is 11.6. The number of aryl methyl sites for hydroxylation is 1. The normalized spacial score (nSPS) is 13.3. The number of nitrogens with two attached hydrogens (primary N) is 1. The number of nitrogens with zero attached hydrogens (tertiary/aromatic N) is 1. The molecule has 1 rings (SSSR count). The number of rotatable bonds is 8. The molecule has 3 N–H and O–H groups in total.